The summed E-state index contributed by atoms with van der Waals surface area (Å²) >= 11 is 0. The SMILES string of the molecule is CNC(CN1C(=O)CN(C)C1=O)c1ccc(C)cc1C. The van der Waals surface area contributed by atoms with Crippen LogP contribution in [0.4, 0.5) is 4.79 Å². The van der Waals surface area contributed by atoms with E-state index in [0.29, 0.717) is 6.54 Å². The summed E-state index contributed by atoms with van der Waals surface area (Å²) in [5, 5.41) is 3.20. The van der Waals surface area contributed by atoms with Crippen LogP contribution in [0, 0.1) is 13.8 Å². The molecule has 1 atom stereocenters. The smallest absolute Gasteiger partial charge is 0.318 e. The zero-order valence-corrected chi connectivity index (χ0v) is 12.4. The van der Waals surface area contributed by atoms with Crippen LogP contribution < -0.4 is 5.32 Å². The molecule has 5 nitrogen and oxygen atoms in total. The van der Waals surface area contributed by atoms with Gasteiger partial charge in [0.15, 0.2) is 0 Å². The summed E-state index contributed by atoms with van der Waals surface area (Å²) in [6, 6.07) is 5.95. The minimum Gasteiger partial charge on any atom is -0.318 e. The molecule has 1 fully saturated rings. The number of hydrogen-bond donors (Lipinski definition) is 1. The lowest BCUT2D eigenvalue weighted by atomic mass is 9.99. The lowest BCUT2D eigenvalue weighted by molar-refractivity contribution is -0.125. The number of imide groups is 1. The van der Waals surface area contributed by atoms with Crippen molar-refractivity contribution in [1.29, 1.82) is 0 Å². The first kappa shape index (κ1) is 14.5. The molecule has 1 aromatic carbocycles. The van der Waals surface area contributed by atoms with Crippen LogP contribution in [-0.4, -0.2) is 48.9 Å². The third-order valence-electron chi connectivity index (χ3n) is 3.75. The fourth-order valence-electron chi connectivity index (χ4n) is 2.59. The normalized spacial score (nSPS) is 17.0. The molecule has 0 radical (unpaired) electrons. The first-order valence-corrected chi connectivity index (χ1v) is 6.74. The molecule has 0 saturated carbocycles. The summed E-state index contributed by atoms with van der Waals surface area (Å²) in [6.07, 6.45) is 0. The highest BCUT2D eigenvalue weighted by Crippen LogP contribution is 2.21. The van der Waals surface area contributed by atoms with E-state index in [0.717, 1.165) is 11.1 Å². The molecule has 20 heavy (non-hydrogen) atoms. The standard InChI is InChI=1S/C15H21N3O2/c1-10-5-6-12(11(2)7-10)13(16-3)8-18-14(19)9-17(4)15(18)20/h5-7,13,16H,8-9H2,1-4H3. The van der Waals surface area contributed by atoms with Crippen LogP contribution in [-0.2, 0) is 4.79 Å². The van der Waals surface area contributed by atoms with Crippen molar-refractivity contribution in [3.63, 3.8) is 0 Å². The van der Waals surface area contributed by atoms with Crippen LogP contribution in [0.25, 0.3) is 0 Å². The number of amides is 3. The van der Waals surface area contributed by atoms with Crippen molar-refractivity contribution in [2.75, 3.05) is 27.2 Å². The van der Waals surface area contributed by atoms with Gasteiger partial charge in [-0.2, -0.15) is 0 Å². The highest BCUT2D eigenvalue weighted by Gasteiger charge is 2.35. The molecule has 1 aliphatic rings. The van der Waals surface area contributed by atoms with Gasteiger partial charge in [0, 0.05) is 13.6 Å². The van der Waals surface area contributed by atoms with Crippen LogP contribution in [0.1, 0.15) is 22.7 Å². The zero-order valence-electron chi connectivity index (χ0n) is 12.4. The molecule has 1 N–H and O–H groups in total. The maximum atomic E-state index is 11.9. The average molecular weight is 275 g/mol. The highest BCUT2D eigenvalue weighted by molar-refractivity contribution is 6.01. The van der Waals surface area contributed by atoms with Gasteiger partial charge in [0.1, 0.15) is 6.54 Å². The molecule has 5 heteroatoms. The van der Waals surface area contributed by atoms with E-state index in [-0.39, 0.29) is 24.5 Å². The van der Waals surface area contributed by atoms with Crippen LogP contribution in [0.2, 0.25) is 0 Å². The summed E-state index contributed by atoms with van der Waals surface area (Å²) < 4.78 is 0. The van der Waals surface area contributed by atoms with Crippen LogP contribution >= 0.6 is 0 Å². The number of hydrogen-bond acceptors (Lipinski definition) is 3. The van der Waals surface area contributed by atoms with Gasteiger partial charge in [-0.25, -0.2) is 4.79 Å². The van der Waals surface area contributed by atoms with Gasteiger partial charge in [-0.3, -0.25) is 9.69 Å². The summed E-state index contributed by atoms with van der Waals surface area (Å²) in [5.74, 6) is -0.137. The van der Waals surface area contributed by atoms with E-state index in [2.05, 4.69) is 17.4 Å². The molecule has 0 aliphatic carbocycles. The molecule has 0 aromatic heterocycles. The Morgan fingerprint density at radius 2 is 2.00 bits per heavy atom. The number of carbonyl (C=O) groups excluding carboxylic acids is 2. The van der Waals surface area contributed by atoms with Crippen LogP contribution in [0.3, 0.4) is 0 Å². The fourth-order valence-corrected chi connectivity index (χ4v) is 2.59. The molecule has 108 valence electrons. The second kappa shape index (κ2) is 5.63. The monoisotopic (exact) mass is 275 g/mol. The van der Waals surface area contributed by atoms with E-state index in [4.69, 9.17) is 0 Å². The molecule has 1 aromatic rings. The van der Waals surface area contributed by atoms with Crippen molar-refractivity contribution >= 4 is 11.9 Å². The van der Waals surface area contributed by atoms with Gasteiger partial charge < -0.3 is 10.2 Å². The molecule has 3 amide bonds. The van der Waals surface area contributed by atoms with E-state index >= 15 is 0 Å². The topological polar surface area (TPSA) is 52.7 Å². The fraction of sp³-hybridized carbons (Fsp3) is 0.467. The molecule has 0 spiro atoms. The number of aryl methyl sites for hydroxylation is 2. The second-order valence-corrected chi connectivity index (χ2v) is 5.34. The quantitative estimate of drug-likeness (QED) is 0.846. The Balaban J connectivity index is 2.21. The molecule has 1 saturated heterocycles. The predicted octanol–water partition coefficient (Wildman–Crippen LogP) is 1.46. The van der Waals surface area contributed by atoms with E-state index in [9.17, 15) is 9.59 Å². The lowest BCUT2D eigenvalue weighted by Gasteiger charge is -2.24. The van der Waals surface area contributed by atoms with Gasteiger partial charge in [0.05, 0.1) is 6.04 Å². The Kier molecular flexibility index (Phi) is 4.09. The Morgan fingerprint density at radius 3 is 2.50 bits per heavy atom. The van der Waals surface area contributed by atoms with Crippen molar-refractivity contribution < 1.29 is 9.59 Å². The Morgan fingerprint density at radius 1 is 1.30 bits per heavy atom. The molecule has 1 unspecified atom stereocenters. The summed E-state index contributed by atoms with van der Waals surface area (Å²) in [6.45, 7) is 4.63. The van der Waals surface area contributed by atoms with Gasteiger partial charge >= 0.3 is 6.03 Å². The van der Waals surface area contributed by atoms with E-state index < -0.39 is 0 Å². The first-order valence-electron chi connectivity index (χ1n) is 6.74. The minimum atomic E-state index is -0.222. The third kappa shape index (κ3) is 2.67. The Labute approximate surface area is 119 Å². The maximum Gasteiger partial charge on any atom is 0.327 e. The summed E-state index contributed by atoms with van der Waals surface area (Å²) in [4.78, 5) is 26.6. The van der Waals surface area contributed by atoms with E-state index in [1.165, 1.54) is 15.4 Å². The van der Waals surface area contributed by atoms with E-state index in [1.54, 1.807) is 7.05 Å². The lowest BCUT2D eigenvalue weighted by Crippen LogP contribution is -2.38. The van der Waals surface area contributed by atoms with Gasteiger partial charge in [0.25, 0.3) is 0 Å². The van der Waals surface area contributed by atoms with Crippen molar-refractivity contribution in [1.82, 2.24) is 15.1 Å². The maximum absolute atomic E-state index is 11.9. The van der Waals surface area contributed by atoms with Gasteiger partial charge in [-0.1, -0.05) is 23.8 Å². The second-order valence-electron chi connectivity index (χ2n) is 5.34. The van der Waals surface area contributed by atoms with Crippen molar-refractivity contribution in [2.24, 2.45) is 0 Å². The number of nitrogens with one attached hydrogen (secondary N) is 1. The summed E-state index contributed by atoms with van der Waals surface area (Å²) in [7, 11) is 3.49. The number of urea groups is 1. The van der Waals surface area contributed by atoms with Crippen molar-refractivity contribution in [3.05, 3.63) is 34.9 Å². The van der Waals surface area contributed by atoms with Crippen LogP contribution in [0.15, 0.2) is 18.2 Å². The third-order valence-corrected chi connectivity index (χ3v) is 3.75. The average Bonchev–Trinajstić information content (AvgIpc) is 2.62. The largest absolute Gasteiger partial charge is 0.327 e. The van der Waals surface area contributed by atoms with Crippen molar-refractivity contribution in [3.8, 4) is 0 Å². The number of benzene rings is 1. The zero-order chi connectivity index (χ0) is 14.9. The van der Waals surface area contributed by atoms with Crippen LogP contribution in [0.5, 0.6) is 0 Å². The Bertz CT molecular complexity index is 542. The minimum absolute atomic E-state index is 0.0463. The van der Waals surface area contributed by atoms with Gasteiger partial charge in [-0.05, 0) is 32.0 Å². The molecular formula is C15H21N3O2. The predicted molar refractivity (Wildman–Crippen MR) is 77.5 cm³/mol. The number of carbonyl (C=O) groups is 2. The number of nitrogens with zero attached hydrogens (tertiary/aromatic N) is 2. The number of rotatable bonds is 4. The highest BCUT2D eigenvalue weighted by atomic mass is 16.2. The molecule has 2 rings (SSSR count). The van der Waals surface area contributed by atoms with Crippen molar-refractivity contribution in [2.45, 2.75) is 19.9 Å². The molecule has 0 bridgehead atoms. The molecule has 1 heterocycles. The van der Waals surface area contributed by atoms with E-state index in [1.807, 2.05) is 27.0 Å². The molecular weight excluding hydrogens is 254 g/mol. The first-order chi connectivity index (χ1) is 9.43. The molecule has 1 aliphatic heterocycles. The number of likely N-dealkylation sites (N-methyl/N-ethyl adjacent to an activating group) is 2. The van der Waals surface area contributed by atoms with Gasteiger partial charge in [0.2, 0.25) is 5.91 Å². The summed E-state index contributed by atoms with van der Waals surface area (Å²) in [5.41, 5.74) is 3.49. The van der Waals surface area contributed by atoms with Gasteiger partial charge in [-0.15, -0.1) is 0 Å². The Hall–Kier alpha value is -1.88.